The number of guanidine groups is 1. The Labute approximate surface area is 87.4 Å². The normalized spacial score (nSPS) is 11.5. The van der Waals surface area contributed by atoms with E-state index in [1.807, 2.05) is 19.2 Å². The first kappa shape index (κ1) is 10.9. The van der Waals surface area contributed by atoms with Crippen molar-refractivity contribution < 1.29 is 0 Å². The van der Waals surface area contributed by atoms with Gasteiger partial charge in [0.2, 0.25) is 5.96 Å². The van der Waals surface area contributed by atoms with Gasteiger partial charge in [0.15, 0.2) is 0 Å². The maximum atomic E-state index is 5.27. The van der Waals surface area contributed by atoms with Crippen LogP contribution in [0.25, 0.3) is 0 Å². The fraction of sp³-hybridized carbons (Fsp3) is 0.500. The summed E-state index contributed by atoms with van der Waals surface area (Å²) in [5.74, 6) is 5.87. The number of aromatic nitrogens is 1. The van der Waals surface area contributed by atoms with E-state index in [1.165, 1.54) is 0 Å². The van der Waals surface area contributed by atoms with Gasteiger partial charge in [0.05, 0.1) is 6.54 Å². The number of hydrogen-bond acceptors (Lipinski definition) is 4. The lowest BCUT2D eigenvalue weighted by atomic mass is 10.6. The highest BCUT2D eigenvalue weighted by molar-refractivity contribution is 7.09. The van der Waals surface area contributed by atoms with E-state index in [9.17, 15) is 0 Å². The summed E-state index contributed by atoms with van der Waals surface area (Å²) in [7, 11) is 0. The van der Waals surface area contributed by atoms with Crippen LogP contribution in [0.4, 0.5) is 0 Å². The van der Waals surface area contributed by atoms with Gasteiger partial charge in [-0.1, -0.05) is 0 Å². The van der Waals surface area contributed by atoms with Crippen molar-refractivity contribution in [2.75, 3.05) is 6.54 Å². The lowest BCUT2D eigenvalue weighted by Crippen LogP contribution is -2.41. The first-order chi connectivity index (χ1) is 6.76. The molecule has 1 aromatic rings. The molecule has 0 radical (unpaired) electrons. The van der Waals surface area contributed by atoms with Gasteiger partial charge in [-0.2, -0.15) is 0 Å². The minimum Gasteiger partial charge on any atom is -0.356 e. The monoisotopic (exact) mass is 213 g/mol. The number of hydrogen-bond donors (Lipinski definition) is 3. The third-order valence-corrected chi connectivity index (χ3v) is 2.47. The van der Waals surface area contributed by atoms with Crippen LogP contribution < -0.4 is 16.6 Å². The van der Waals surface area contributed by atoms with Gasteiger partial charge >= 0.3 is 0 Å². The molecule has 0 unspecified atom stereocenters. The van der Waals surface area contributed by atoms with Crippen molar-refractivity contribution in [2.45, 2.75) is 20.4 Å². The summed E-state index contributed by atoms with van der Waals surface area (Å²) in [5.41, 5.74) is 3.53. The summed E-state index contributed by atoms with van der Waals surface area (Å²) >= 11 is 1.61. The molecule has 0 saturated heterocycles. The van der Waals surface area contributed by atoms with E-state index in [4.69, 9.17) is 5.84 Å². The van der Waals surface area contributed by atoms with Gasteiger partial charge in [0.25, 0.3) is 0 Å². The molecule has 0 atom stereocenters. The second-order valence-electron chi connectivity index (χ2n) is 2.72. The SMILES string of the molecule is CCNC(=NCc1nc(C)cs1)NN. The highest BCUT2D eigenvalue weighted by Gasteiger charge is 1.98. The molecule has 0 aromatic carbocycles. The zero-order valence-corrected chi connectivity index (χ0v) is 9.19. The largest absolute Gasteiger partial charge is 0.356 e. The second kappa shape index (κ2) is 5.56. The van der Waals surface area contributed by atoms with Gasteiger partial charge in [0.1, 0.15) is 5.01 Å². The standard InChI is InChI=1S/C8H15N5S/c1-3-10-8(13-9)11-4-7-12-6(2)5-14-7/h5H,3-4,9H2,1-2H3,(H2,10,11,13). The average molecular weight is 213 g/mol. The zero-order chi connectivity index (χ0) is 10.4. The van der Waals surface area contributed by atoms with Crippen molar-refractivity contribution in [1.29, 1.82) is 0 Å². The third kappa shape index (κ3) is 3.31. The van der Waals surface area contributed by atoms with Crippen LogP contribution in [0.5, 0.6) is 0 Å². The summed E-state index contributed by atoms with van der Waals surface area (Å²) in [6, 6.07) is 0. The zero-order valence-electron chi connectivity index (χ0n) is 8.37. The van der Waals surface area contributed by atoms with Crippen molar-refractivity contribution in [2.24, 2.45) is 10.8 Å². The molecule has 0 aliphatic rings. The van der Waals surface area contributed by atoms with Crippen LogP contribution in [0.3, 0.4) is 0 Å². The Morgan fingerprint density at radius 2 is 2.50 bits per heavy atom. The van der Waals surface area contributed by atoms with Crippen molar-refractivity contribution in [1.82, 2.24) is 15.7 Å². The van der Waals surface area contributed by atoms with E-state index in [1.54, 1.807) is 11.3 Å². The molecule has 14 heavy (non-hydrogen) atoms. The Balaban J connectivity index is 2.51. The van der Waals surface area contributed by atoms with Gasteiger partial charge in [-0.3, -0.25) is 5.43 Å². The van der Waals surface area contributed by atoms with Crippen molar-refractivity contribution in [3.63, 3.8) is 0 Å². The van der Waals surface area contributed by atoms with E-state index >= 15 is 0 Å². The van der Waals surface area contributed by atoms with Gasteiger partial charge in [-0.15, -0.1) is 11.3 Å². The van der Waals surface area contributed by atoms with Crippen molar-refractivity contribution >= 4 is 17.3 Å². The number of aliphatic imine (C=N–C) groups is 1. The Hall–Kier alpha value is -1.14. The first-order valence-corrected chi connectivity index (χ1v) is 5.30. The minimum absolute atomic E-state index is 0.561. The number of aryl methyl sites for hydroxylation is 1. The summed E-state index contributed by atoms with van der Waals surface area (Å²) in [5, 5.41) is 6.00. The fourth-order valence-corrected chi connectivity index (χ4v) is 1.64. The van der Waals surface area contributed by atoms with Crippen LogP contribution >= 0.6 is 11.3 Å². The summed E-state index contributed by atoms with van der Waals surface area (Å²) in [6.45, 7) is 5.31. The topological polar surface area (TPSA) is 75.3 Å². The molecule has 0 saturated carbocycles. The lowest BCUT2D eigenvalue weighted by Gasteiger charge is -2.05. The van der Waals surface area contributed by atoms with Gasteiger partial charge in [-0.25, -0.2) is 15.8 Å². The van der Waals surface area contributed by atoms with E-state index in [2.05, 4.69) is 20.7 Å². The highest BCUT2D eigenvalue weighted by atomic mass is 32.1. The summed E-state index contributed by atoms with van der Waals surface area (Å²) < 4.78 is 0. The quantitative estimate of drug-likeness (QED) is 0.294. The molecule has 4 N–H and O–H groups in total. The predicted octanol–water partition coefficient (Wildman–Crippen LogP) is 0.380. The van der Waals surface area contributed by atoms with Crippen molar-refractivity contribution in [3.05, 3.63) is 16.1 Å². The first-order valence-electron chi connectivity index (χ1n) is 4.42. The van der Waals surface area contributed by atoms with Crippen LogP contribution in [0.1, 0.15) is 17.6 Å². The number of rotatable bonds is 3. The Morgan fingerprint density at radius 3 is 3.00 bits per heavy atom. The second-order valence-corrected chi connectivity index (χ2v) is 3.66. The average Bonchev–Trinajstić information content (AvgIpc) is 2.59. The van der Waals surface area contributed by atoms with Crippen LogP contribution in [0, 0.1) is 6.92 Å². The lowest BCUT2D eigenvalue weighted by molar-refractivity contribution is 0.849. The van der Waals surface area contributed by atoms with E-state index < -0.39 is 0 Å². The number of thiazole rings is 1. The maximum absolute atomic E-state index is 5.27. The molecule has 0 fully saturated rings. The van der Waals surface area contributed by atoms with E-state index in [0.717, 1.165) is 17.2 Å². The predicted molar refractivity (Wildman–Crippen MR) is 59.0 cm³/mol. The van der Waals surface area contributed by atoms with Crippen LogP contribution in [0.15, 0.2) is 10.4 Å². The van der Waals surface area contributed by atoms with E-state index in [-0.39, 0.29) is 0 Å². The van der Waals surface area contributed by atoms with Gasteiger partial charge < -0.3 is 5.32 Å². The van der Waals surface area contributed by atoms with E-state index in [0.29, 0.717) is 12.5 Å². The van der Waals surface area contributed by atoms with Crippen molar-refractivity contribution in [3.8, 4) is 0 Å². The van der Waals surface area contributed by atoms with Gasteiger partial charge in [0, 0.05) is 17.6 Å². The molecular formula is C8H15N5S. The smallest absolute Gasteiger partial charge is 0.206 e. The third-order valence-electron chi connectivity index (χ3n) is 1.52. The Kier molecular flexibility index (Phi) is 4.34. The number of nitrogens with one attached hydrogen (secondary N) is 2. The van der Waals surface area contributed by atoms with Crippen LogP contribution in [-0.2, 0) is 6.54 Å². The number of hydrazine groups is 1. The molecule has 0 bridgehead atoms. The molecule has 0 aliphatic heterocycles. The number of nitrogens with zero attached hydrogens (tertiary/aromatic N) is 2. The summed E-state index contributed by atoms with van der Waals surface area (Å²) in [6.07, 6.45) is 0. The summed E-state index contributed by atoms with van der Waals surface area (Å²) in [4.78, 5) is 8.52. The molecule has 1 rings (SSSR count). The molecule has 0 aliphatic carbocycles. The maximum Gasteiger partial charge on any atom is 0.206 e. The fourth-order valence-electron chi connectivity index (χ4n) is 0.942. The number of nitrogens with two attached hydrogens (primary N) is 1. The van der Waals surface area contributed by atoms with Crippen LogP contribution in [0.2, 0.25) is 0 Å². The molecule has 6 heteroatoms. The Morgan fingerprint density at radius 1 is 1.71 bits per heavy atom. The molecular weight excluding hydrogens is 198 g/mol. The molecule has 5 nitrogen and oxygen atoms in total. The molecule has 1 aromatic heterocycles. The molecule has 1 heterocycles. The Bertz CT molecular complexity index is 306. The van der Waals surface area contributed by atoms with Crippen LogP contribution in [-0.4, -0.2) is 17.5 Å². The molecule has 0 amide bonds. The highest BCUT2D eigenvalue weighted by Crippen LogP contribution is 2.09. The minimum atomic E-state index is 0.561. The molecule has 0 spiro atoms. The molecule has 78 valence electrons. The van der Waals surface area contributed by atoms with Gasteiger partial charge in [-0.05, 0) is 13.8 Å².